The first-order valence-corrected chi connectivity index (χ1v) is 11.9. The van der Waals surface area contributed by atoms with Crippen LogP contribution in [-0.2, 0) is 14.6 Å². The molecule has 5 nitrogen and oxygen atoms in total. The van der Waals surface area contributed by atoms with E-state index in [1.165, 1.54) is 23.5 Å². The van der Waals surface area contributed by atoms with E-state index in [0.29, 0.717) is 17.0 Å². The van der Waals surface area contributed by atoms with Gasteiger partial charge >= 0.3 is 0 Å². The zero-order chi connectivity index (χ0) is 21.6. The Morgan fingerprint density at radius 1 is 1.13 bits per heavy atom. The fraction of sp³-hybridized carbons (Fsp3) is 0.136. The van der Waals surface area contributed by atoms with Gasteiger partial charge in [-0.1, -0.05) is 24.3 Å². The smallest absolute Gasteiger partial charge is 0.248 e. The molecule has 0 fully saturated rings. The molecule has 156 valence electrons. The van der Waals surface area contributed by atoms with Crippen LogP contribution in [0.25, 0.3) is 16.5 Å². The fourth-order valence-corrected chi connectivity index (χ4v) is 3.89. The van der Waals surface area contributed by atoms with Crippen LogP contribution in [0.1, 0.15) is 4.88 Å². The summed E-state index contributed by atoms with van der Waals surface area (Å²) < 4.78 is 41.6. The molecule has 0 aliphatic heterocycles. The number of rotatable bonds is 8. The standard InChI is InChI=1S/C22H20FNO4S2/c1-30(26,27)14-13-28-17-6-4-5-16(15-17)24-22(25)12-10-18-9-11-21(29-18)19-7-2-3-8-20(19)23/h2-12,15H,13-14H2,1H3,(H,24,25)/b12-10+. The Hall–Kier alpha value is -2.97. The minimum atomic E-state index is -3.10. The molecule has 0 aliphatic rings. The van der Waals surface area contributed by atoms with Crippen LogP contribution < -0.4 is 10.1 Å². The highest BCUT2D eigenvalue weighted by atomic mass is 32.2. The molecular formula is C22H20FNO4S2. The molecule has 0 aliphatic carbocycles. The fourth-order valence-electron chi connectivity index (χ4n) is 2.56. The monoisotopic (exact) mass is 445 g/mol. The van der Waals surface area contributed by atoms with Crippen molar-refractivity contribution < 1.29 is 22.3 Å². The van der Waals surface area contributed by atoms with Gasteiger partial charge in [0.1, 0.15) is 18.2 Å². The number of carbonyl (C=O) groups excluding carboxylic acids is 1. The summed E-state index contributed by atoms with van der Waals surface area (Å²) in [4.78, 5) is 13.8. The van der Waals surface area contributed by atoms with E-state index < -0.39 is 9.84 Å². The SMILES string of the molecule is CS(=O)(=O)CCOc1cccc(NC(=O)/C=C/c2ccc(-c3ccccc3F)s2)c1. The van der Waals surface area contributed by atoms with Gasteiger partial charge in [0.15, 0.2) is 9.84 Å². The minimum Gasteiger partial charge on any atom is -0.492 e. The molecule has 30 heavy (non-hydrogen) atoms. The molecule has 0 radical (unpaired) electrons. The maximum absolute atomic E-state index is 13.9. The van der Waals surface area contributed by atoms with Crippen molar-refractivity contribution in [3.8, 4) is 16.2 Å². The first-order valence-electron chi connectivity index (χ1n) is 9.04. The van der Waals surface area contributed by atoms with Crippen molar-refractivity contribution in [2.75, 3.05) is 23.9 Å². The van der Waals surface area contributed by atoms with E-state index in [1.807, 2.05) is 12.1 Å². The third-order valence-electron chi connectivity index (χ3n) is 3.99. The van der Waals surface area contributed by atoms with Crippen molar-refractivity contribution in [2.45, 2.75) is 0 Å². The molecule has 0 saturated heterocycles. The third kappa shape index (κ3) is 6.53. The summed E-state index contributed by atoms with van der Waals surface area (Å²) in [7, 11) is -3.10. The molecule has 1 heterocycles. The zero-order valence-corrected chi connectivity index (χ0v) is 17.8. The summed E-state index contributed by atoms with van der Waals surface area (Å²) in [6, 6.07) is 16.9. The van der Waals surface area contributed by atoms with Crippen molar-refractivity contribution in [1.82, 2.24) is 0 Å². The summed E-state index contributed by atoms with van der Waals surface area (Å²) in [6.45, 7) is 0.0405. The average molecular weight is 446 g/mol. The highest BCUT2D eigenvalue weighted by molar-refractivity contribution is 7.90. The van der Waals surface area contributed by atoms with Crippen LogP contribution in [0.2, 0.25) is 0 Å². The second-order valence-electron chi connectivity index (χ2n) is 6.51. The number of hydrogen-bond acceptors (Lipinski definition) is 5. The van der Waals surface area contributed by atoms with Crippen molar-refractivity contribution in [3.63, 3.8) is 0 Å². The summed E-state index contributed by atoms with van der Waals surface area (Å²) >= 11 is 1.39. The largest absolute Gasteiger partial charge is 0.492 e. The molecule has 3 rings (SSSR count). The summed E-state index contributed by atoms with van der Waals surface area (Å²) in [6.07, 6.45) is 4.21. The number of anilines is 1. The van der Waals surface area contributed by atoms with Crippen LogP contribution in [0.15, 0.2) is 66.7 Å². The predicted octanol–water partition coefficient (Wildman–Crippen LogP) is 4.63. The number of nitrogens with one attached hydrogen (secondary N) is 1. The molecule has 0 spiro atoms. The van der Waals surface area contributed by atoms with Crippen LogP contribution in [0, 0.1) is 5.82 Å². The van der Waals surface area contributed by atoms with E-state index in [4.69, 9.17) is 4.74 Å². The van der Waals surface area contributed by atoms with E-state index in [-0.39, 0.29) is 24.1 Å². The highest BCUT2D eigenvalue weighted by Gasteiger charge is 2.07. The first-order chi connectivity index (χ1) is 14.3. The topological polar surface area (TPSA) is 72.5 Å². The van der Waals surface area contributed by atoms with Crippen LogP contribution in [0.4, 0.5) is 10.1 Å². The Kier molecular flexibility index (Phi) is 7.02. The van der Waals surface area contributed by atoms with E-state index in [0.717, 1.165) is 16.0 Å². The van der Waals surface area contributed by atoms with Gasteiger partial charge in [-0.2, -0.15) is 0 Å². The molecule has 0 unspecified atom stereocenters. The van der Waals surface area contributed by atoms with Gasteiger partial charge in [0, 0.05) is 39.4 Å². The summed E-state index contributed by atoms with van der Waals surface area (Å²) in [5, 5.41) is 2.73. The van der Waals surface area contributed by atoms with Crippen molar-refractivity contribution >= 4 is 38.8 Å². The van der Waals surface area contributed by atoms with Crippen LogP contribution >= 0.6 is 11.3 Å². The summed E-state index contributed by atoms with van der Waals surface area (Å²) in [5.74, 6) is -0.231. The van der Waals surface area contributed by atoms with Gasteiger partial charge in [-0.05, 0) is 36.4 Å². The summed E-state index contributed by atoms with van der Waals surface area (Å²) in [5.41, 5.74) is 1.05. The lowest BCUT2D eigenvalue weighted by Crippen LogP contribution is -2.12. The van der Waals surface area contributed by atoms with E-state index in [1.54, 1.807) is 48.5 Å². The van der Waals surface area contributed by atoms with Crippen molar-refractivity contribution in [2.24, 2.45) is 0 Å². The van der Waals surface area contributed by atoms with E-state index >= 15 is 0 Å². The molecule has 1 aromatic heterocycles. The molecule has 1 amide bonds. The molecule has 2 aromatic carbocycles. The van der Waals surface area contributed by atoms with Gasteiger partial charge in [0.2, 0.25) is 5.91 Å². The molecular weight excluding hydrogens is 425 g/mol. The normalized spacial score (nSPS) is 11.5. The molecule has 0 atom stereocenters. The Labute approximate surface area is 178 Å². The molecule has 3 aromatic rings. The first kappa shape index (κ1) is 21.7. The van der Waals surface area contributed by atoms with Gasteiger partial charge in [0.05, 0.1) is 5.75 Å². The Bertz CT molecular complexity index is 1170. The average Bonchev–Trinajstić information content (AvgIpc) is 3.15. The Balaban J connectivity index is 1.59. The minimum absolute atomic E-state index is 0.0405. The number of halogens is 1. The van der Waals surface area contributed by atoms with Gasteiger partial charge < -0.3 is 10.1 Å². The zero-order valence-electron chi connectivity index (χ0n) is 16.2. The maximum atomic E-state index is 13.9. The van der Waals surface area contributed by atoms with Gasteiger partial charge in [0.25, 0.3) is 0 Å². The maximum Gasteiger partial charge on any atom is 0.248 e. The lowest BCUT2D eigenvalue weighted by atomic mass is 10.2. The second kappa shape index (κ2) is 9.69. The lowest BCUT2D eigenvalue weighted by Gasteiger charge is -2.08. The number of thiophene rings is 1. The molecule has 8 heteroatoms. The van der Waals surface area contributed by atoms with Crippen molar-refractivity contribution in [3.05, 3.63) is 77.4 Å². The van der Waals surface area contributed by atoms with Crippen LogP contribution in [0.3, 0.4) is 0 Å². The van der Waals surface area contributed by atoms with Gasteiger partial charge in [-0.15, -0.1) is 11.3 Å². The lowest BCUT2D eigenvalue weighted by molar-refractivity contribution is -0.111. The highest BCUT2D eigenvalue weighted by Crippen LogP contribution is 2.30. The Morgan fingerprint density at radius 2 is 1.93 bits per heavy atom. The molecule has 0 saturated carbocycles. The quantitative estimate of drug-likeness (QED) is 0.513. The number of amides is 1. The molecule has 0 bridgehead atoms. The predicted molar refractivity (Wildman–Crippen MR) is 119 cm³/mol. The van der Waals surface area contributed by atoms with Crippen molar-refractivity contribution in [1.29, 1.82) is 0 Å². The van der Waals surface area contributed by atoms with Gasteiger partial charge in [-0.3, -0.25) is 4.79 Å². The Morgan fingerprint density at radius 3 is 2.70 bits per heavy atom. The number of hydrogen-bond donors (Lipinski definition) is 1. The number of ether oxygens (including phenoxy) is 1. The number of carbonyl (C=O) groups is 1. The second-order valence-corrected chi connectivity index (χ2v) is 9.89. The number of benzene rings is 2. The number of sulfone groups is 1. The van der Waals surface area contributed by atoms with Crippen LogP contribution in [-0.4, -0.2) is 32.9 Å². The van der Waals surface area contributed by atoms with Gasteiger partial charge in [-0.25, -0.2) is 12.8 Å². The van der Waals surface area contributed by atoms with E-state index in [9.17, 15) is 17.6 Å². The third-order valence-corrected chi connectivity index (χ3v) is 5.98. The molecule has 1 N–H and O–H groups in total. The van der Waals surface area contributed by atoms with Crippen LogP contribution in [0.5, 0.6) is 5.75 Å². The van der Waals surface area contributed by atoms with E-state index in [2.05, 4.69) is 5.32 Å².